The number of hydrogen-bond acceptors (Lipinski definition) is 0. The zero-order valence-corrected chi connectivity index (χ0v) is 16.1. The molecule has 0 saturated heterocycles. The van der Waals surface area contributed by atoms with Crippen LogP contribution in [0, 0.1) is 20.8 Å². The maximum atomic E-state index is 2.43. The van der Waals surface area contributed by atoms with Crippen LogP contribution in [0.1, 0.15) is 41.7 Å². The minimum absolute atomic E-state index is 0.0441. The van der Waals surface area contributed by atoms with Crippen LogP contribution >= 0.6 is 0 Å². The number of benzene rings is 2. The summed E-state index contributed by atoms with van der Waals surface area (Å²) < 4.78 is 2.25. The van der Waals surface area contributed by atoms with Crippen LogP contribution in [0.25, 0.3) is 22.4 Å². The van der Waals surface area contributed by atoms with Crippen molar-refractivity contribution in [1.82, 2.24) is 0 Å². The van der Waals surface area contributed by atoms with Gasteiger partial charge in [0, 0.05) is 22.6 Å². The number of rotatable bonds is 1. The lowest BCUT2D eigenvalue weighted by Crippen LogP contribution is -2.31. The first-order chi connectivity index (χ1) is 11.8. The van der Waals surface area contributed by atoms with Crippen molar-refractivity contribution in [2.24, 2.45) is 7.05 Å². The van der Waals surface area contributed by atoms with E-state index in [4.69, 9.17) is 0 Å². The third-order valence-electron chi connectivity index (χ3n) is 6.00. The molecule has 0 amide bonds. The van der Waals surface area contributed by atoms with Gasteiger partial charge in [-0.3, -0.25) is 0 Å². The molecule has 126 valence electrons. The van der Waals surface area contributed by atoms with Gasteiger partial charge in [0.2, 0.25) is 5.69 Å². The summed E-state index contributed by atoms with van der Waals surface area (Å²) >= 11 is 0. The van der Waals surface area contributed by atoms with E-state index < -0.39 is 0 Å². The van der Waals surface area contributed by atoms with Crippen LogP contribution in [0.3, 0.4) is 0 Å². The Morgan fingerprint density at radius 1 is 0.800 bits per heavy atom. The highest BCUT2D eigenvalue weighted by Crippen LogP contribution is 2.51. The highest BCUT2D eigenvalue weighted by molar-refractivity contribution is 5.86. The van der Waals surface area contributed by atoms with Crippen molar-refractivity contribution in [2.75, 3.05) is 0 Å². The topological polar surface area (TPSA) is 3.88 Å². The smallest absolute Gasteiger partial charge is 0.201 e. The molecule has 0 N–H and O–H groups in total. The van der Waals surface area contributed by atoms with Crippen LogP contribution in [0.15, 0.2) is 48.7 Å². The molecule has 0 unspecified atom stereocenters. The Balaban J connectivity index is 2.05. The SMILES string of the molecule is Cc1ccc(-c2cc3c(c(C)c2C)-c2ccccc2C3(C)C)[n+](C)c1. The first kappa shape index (κ1) is 16.1. The summed E-state index contributed by atoms with van der Waals surface area (Å²) in [6.07, 6.45) is 2.21. The Hall–Kier alpha value is -2.41. The molecule has 1 heterocycles. The number of hydrogen-bond donors (Lipinski definition) is 0. The maximum Gasteiger partial charge on any atom is 0.212 e. The van der Waals surface area contributed by atoms with E-state index >= 15 is 0 Å². The Kier molecular flexibility index (Phi) is 3.40. The fourth-order valence-corrected chi connectivity index (χ4v) is 4.44. The summed E-state index contributed by atoms with van der Waals surface area (Å²) in [7, 11) is 2.14. The zero-order chi connectivity index (χ0) is 17.9. The lowest BCUT2D eigenvalue weighted by molar-refractivity contribution is -0.660. The molecule has 0 radical (unpaired) electrons. The van der Waals surface area contributed by atoms with Gasteiger partial charge >= 0.3 is 0 Å². The first-order valence-corrected chi connectivity index (χ1v) is 9.03. The zero-order valence-electron chi connectivity index (χ0n) is 16.1. The Bertz CT molecular complexity index is 1010. The number of nitrogens with zero attached hydrogens (tertiary/aromatic N) is 1. The number of aromatic nitrogens is 1. The standard InChI is InChI=1S/C24H26N/c1-15-11-12-22(25(6)14-15)19-13-21-23(17(3)16(19)2)18-9-7-8-10-20(18)24(21,4)5/h7-14H,1-6H3/q+1. The minimum atomic E-state index is 0.0441. The van der Waals surface area contributed by atoms with Gasteiger partial charge in [0.05, 0.1) is 0 Å². The van der Waals surface area contributed by atoms with Gasteiger partial charge in [0.15, 0.2) is 6.20 Å². The molecule has 1 aliphatic carbocycles. The fourth-order valence-electron chi connectivity index (χ4n) is 4.44. The van der Waals surface area contributed by atoms with E-state index in [9.17, 15) is 0 Å². The molecular weight excluding hydrogens is 302 g/mol. The molecule has 1 aromatic heterocycles. The van der Waals surface area contributed by atoms with Crippen LogP contribution in [0.4, 0.5) is 0 Å². The molecule has 1 nitrogen and oxygen atoms in total. The van der Waals surface area contributed by atoms with Gasteiger partial charge in [-0.05, 0) is 66.3 Å². The van der Waals surface area contributed by atoms with Gasteiger partial charge in [0.25, 0.3) is 0 Å². The van der Waals surface area contributed by atoms with Crippen molar-refractivity contribution in [3.05, 3.63) is 76.5 Å². The second kappa shape index (κ2) is 5.29. The molecule has 25 heavy (non-hydrogen) atoms. The van der Waals surface area contributed by atoms with Crippen molar-refractivity contribution < 1.29 is 4.57 Å². The Labute approximate surface area is 151 Å². The van der Waals surface area contributed by atoms with Crippen LogP contribution < -0.4 is 4.57 Å². The highest BCUT2D eigenvalue weighted by atomic mass is 14.9. The molecule has 1 heteroatoms. The van der Waals surface area contributed by atoms with Crippen molar-refractivity contribution in [3.8, 4) is 22.4 Å². The summed E-state index contributed by atoms with van der Waals surface area (Å²) in [5.74, 6) is 0. The Morgan fingerprint density at radius 3 is 2.24 bits per heavy atom. The van der Waals surface area contributed by atoms with Gasteiger partial charge in [-0.25, -0.2) is 4.57 Å². The molecule has 0 aliphatic heterocycles. The quantitative estimate of drug-likeness (QED) is 0.526. The van der Waals surface area contributed by atoms with Crippen LogP contribution in [0.2, 0.25) is 0 Å². The number of fused-ring (bicyclic) bond motifs is 3. The minimum Gasteiger partial charge on any atom is -0.201 e. The van der Waals surface area contributed by atoms with Crippen LogP contribution in [-0.2, 0) is 12.5 Å². The van der Waals surface area contributed by atoms with E-state index in [0.717, 1.165) is 0 Å². The molecule has 0 spiro atoms. The molecule has 0 bridgehead atoms. The molecule has 1 aliphatic rings. The molecule has 2 aromatic carbocycles. The second-order valence-corrected chi connectivity index (χ2v) is 7.97. The van der Waals surface area contributed by atoms with Gasteiger partial charge in [-0.2, -0.15) is 0 Å². The predicted molar refractivity (Wildman–Crippen MR) is 105 cm³/mol. The number of pyridine rings is 1. The third kappa shape index (κ3) is 2.18. The molecule has 4 rings (SSSR count). The molecule has 0 atom stereocenters. The lowest BCUT2D eigenvalue weighted by atomic mass is 9.80. The van der Waals surface area contributed by atoms with Gasteiger partial charge in [0.1, 0.15) is 7.05 Å². The van der Waals surface area contributed by atoms with E-state index in [2.05, 4.69) is 94.9 Å². The molecule has 3 aromatic rings. The first-order valence-electron chi connectivity index (χ1n) is 9.03. The Morgan fingerprint density at radius 2 is 1.52 bits per heavy atom. The summed E-state index contributed by atoms with van der Waals surface area (Å²) in [5, 5.41) is 0. The summed E-state index contributed by atoms with van der Waals surface area (Å²) in [6, 6.07) is 15.8. The van der Waals surface area contributed by atoms with Gasteiger partial charge in [-0.15, -0.1) is 0 Å². The summed E-state index contributed by atoms with van der Waals surface area (Å²) in [6.45, 7) is 11.4. The van der Waals surface area contributed by atoms with Gasteiger partial charge in [-0.1, -0.05) is 38.1 Å². The third-order valence-corrected chi connectivity index (χ3v) is 6.00. The van der Waals surface area contributed by atoms with E-state index in [1.165, 1.54) is 50.2 Å². The molecular formula is C24H26N+. The van der Waals surface area contributed by atoms with Crippen LogP contribution in [0.5, 0.6) is 0 Å². The van der Waals surface area contributed by atoms with Crippen LogP contribution in [-0.4, -0.2) is 0 Å². The lowest BCUT2D eigenvalue weighted by Gasteiger charge is -2.23. The van der Waals surface area contributed by atoms with Crippen molar-refractivity contribution in [3.63, 3.8) is 0 Å². The fraction of sp³-hybridized carbons (Fsp3) is 0.292. The molecule has 0 saturated carbocycles. The molecule has 0 fully saturated rings. The average Bonchev–Trinajstić information content (AvgIpc) is 2.80. The van der Waals surface area contributed by atoms with Gasteiger partial charge < -0.3 is 0 Å². The van der Waals surface area contributed by atoms with E-state index in [1.54, 1.807) is 0 Å². The monoisotopic (exact) mass is 328 g/mol. The maximum absolute atomic E-state index is 2.43. The van der Waals surface area contributed by atoms with E-state index in [-0.39, 0.29) is 5.41 Å². The van der Waals surface area contributed by atoms with E-state index in [0.29, 0.717) is 0 Å². The highest BCUT2D eigenvalue weighted by Gasteiger charge is 2.37. The normalized spacial score (nSPS) is 14.3. The van der Waals surface area contributed by atoms with E-state index in [1.807, 2.05) is 0 Å². The van der Waals surface area contributed by atoms with Crippen molar-refractivity contribution in [2.45, 2.75) is 40.0 Å². The average molecular weight is 328 g/mol. The number of aryl methyl sites for hydroxylation is 2. The second-order valence-electron chi connectivity index (χ2n) is 7.97. The van der Waals surface area contributed by atoms with Crippen molar-refractivity contribution in [1.29, 1.82) is 0 Å². The largest absolute Gasteiger partial charge is 0.212 e. The predicted octanol–water partition coefficient (Wildman–Crippen LogP) is 5.41. The summed E-state index contributed by atoms with van der Waals surface area (Å²) in [5.41, 5.74) is 12.5. The van der Waals surface area contributed by atoms with Crippen molar-refractivity contribution >= 4 is 0 Å². The summed E-state index contributed by atoms with van der Waals surface area (Å²) in [4.78, 5) is 0.